The van der Waals surface area contributed by atoms with Gasteiger partial charge in [0.2, 0.25) is 0 Å². The van der Waals surface area contributed by atoms with Crippen LogP contribution in [0.3, 0.4) is 0 Å². The molecule has 0 spiro atoms. The van der Waals surface area contributed by atoms with E-state index in [1.807, 2.05) is 30.5 Å². The first-order chi connectivity index (χ1) is 8.70. The molecule has 0 aliphatic rings. The van der Waals surface area contributed by atoms with Gasteiger partial charge < -0.3 is 5.11 Å². The number of hydrogen-bond acceptors (Lipinski definition) is 5. The van der Waals surface area contributed by atoms with Crippen molar-refractivity contribution < 1.29 is 5.11 Å². The molecule has 0 fully saturated rings. The first kappa shape index (κ1) is 12.6. The molecule has 2 rings (SSSR count). The summed E-state index contributed by atoms with van der Waals surface area (Å²) in [6.45, 7) is 1.73. The number of aryl methyl sites for hydroxylation is 1. The zero-order chi connectivity index (χ0) is 13.0. The standard InChI is InChI=1S/C13H13N3OS/c1-9-11(17)7-8-13(14-9)16-15-10-5-3-4-6-12(10)18-2/h3-8,17H,1-2H3. The van der Waals surface area contributed by atoms with Crippen LogP contribution in [-0.4, -0.2) is 16.3 Å². The van der Waals surface area contributed by atoms with E-state index in [1.165, 1.54) is 0 Å². The molecule has 1 heterocycles. The summed E-state index contributed by atoms with van der Waals surface area (Å²) in [6.07, 6.45) is 2.00. The fourth-order valence-electron chi connectivity index (χ4n) is 1.41. The maximum absolute atomic E-state index is 9.37. The van der Waals surface area contributed by atoms with Gasteiger partial charge in [-0.1, -0.05) is 12.1 Å². The number of pyridine rings is 1. The van der Waals surface area contributed by atoms with Gasteiger partial charge in [0.15, 0.2) is 5.82 Å². The summed E-state index contributed by atoms with van der Waals surface area (Å²) >= 11 is 1.62. The Morgan fingerprint density at radius 1 is 1.11 bits per heavy atom. The zero-order valence-electron chi connectivity index (χ0n) is 10.2. The van der Waals surface area contributed by atoms with Gasteiger partial charge >= 0.3 is 0 Å². The molecule has 1 aromatic carbocycles. The average molecular weight is 259 g/mol. The molecule has 0 radical (unpaired) electrons. The SMILES string of the molecule is CSc1ccccc1N=Nc1ccc(O)c(C)n1. The smallest absolute Gasteiger partial charge is 0.174 e. The van der Waals surface area contributed by atoms with Crippen molar-refractivity contribution in [1.82, 2.24) is 4.98 Å². The highest BCUT2D eigenvalue weighted by Gasteiger charge is 2.00. The van der Waals surface area contributed by atoms with Crippen LogP contribution in [0.5, 0.6) is 5.75 Å². The first-order valence-corrected chi connectivity index (χ1v) is 6.64. The minimum atomic E-state index is 0.165. The van der Waals surface area contributed by atoms with Gasteiger partial charge in [0.25, 0.3) is 0 Å². The summed E-state index contributed by atoms with van der Waals surface area (Å²) in [4.78, 5) is 5.19. The number of aromatic nitrogens is 1. The maximum Gasteiger partial charge on any atom is 0.174 e. The molecule has 2 aromatic rings. The third-order valence-electron chi connectivity index (χ3n) is 2.39. The fraction of sp³-hybridized carbons (Fsp3) is 0.154. The summed E-state index contributed by atoms with van der Waals surface area (Å²) in [7, 11) is 0. The largest absolute Gasteiger partial charge is 0.506 e. The van der Waals surface area contributed by atoms with Gasteiger partial charge in [-0.3, -0.25) is 0 Å². The van der Waals surface area contributed by atoms with Crippen LogP contribution < -0.4 is 0 Å². The maximum atomic E-state index is 9.37. The van der Waals surface area contributed by atoms with E-state index in [0.717, 1.165) is 10.6 Å². The van der Waals surface area contributed by atoms with Crippen molar-refractivity contribution >= 4 is 23.3 Å². The van der Waals surface area contributed by atoms with Gasteiger partial charge in [-0.25, -0.2) is 4.98 Å². The summed E-state index contributed by atoms with van der Waals surface area (Å²) in [6, 6.07) is 11.0. The van der Waals surface area contributed by atoms with E-state index >= 15 is 0 Å². The second kappa shape index (κ2) is 5.64. The summed E-state index contributed by atoms with van der Waals surface area (Å²) < 4.78 is 0. The Hall–Kier alpha value is -1.88. The summed E-state index contributed by atoms with van der Waals surface area (Å²) in [5.74, 6) is 0.652. The van der Waals surface area contributed by atoms with Crippen molar-refractivity contribution in [1.29, 1.82) is 0 Å². The van der Waals surface area contributed by atoms with E-state index in [2.05, 4.69) is 15.2 Å². The monoisotopic (exact) mass is 259 g/mol. The number of azo groups is 1. The van der Waals surface area contributed by atoms with E-state index in [-0.39, 0.29) is 5.75 Å². The highest BCUT2D eigenvalue weighted by molar-refractivity contribution is 7.98. The van der Waals surface area contributed by atoms with Gasteiger partial charge in [0.05, 0.1) is 11.4 Å². The molecule has 18 heavy (non-hydrogen) atoms. The van der Waals surface area contributed by atoms with Crippen LogP contribution in [0.4, 0.5) is 11.5 Å². The third kappa shape index (κ3) is 2.87. The highest BCUT2D eigenvalue weighted by Crippen LogP contribution is 2.28. The van der Waals surface area contributed by atoms with Crippen molar-refractivity contribution in [2.45, 2.75) is 11.8 Å². The third-order valence-corrected chi connectivity index (χ3v) is 3.17. The van der Waals surface area contributed by atoms with E-state index in [0.29, 0.717) is 11.5 Å². The topological polar surface area (TPSA) is 57.8 Å². The normalized spacial score (nSPS) is 11.0. The highest BCUT2D eigenvalue weighted by atomic mass is 32.2. The second-order valence-corrected chi connectivity index (χ2v) is 4.49. The van der Waals surface area contributed by atoms with Crippen LogP contribution in [-0.2, 0) is 0 Å². The van der Waals surface area contributed by atoms with Gasteiger partial charge in [-0.2, -0.15) is 0 Å². The quantitative estimate of drug-likeness (QED) is 0.662. The Morgan fingerprint density at radius 2 is 1.89 bits per heavy atom. The molecule has 0 saturated heterocycles. The van der Waals surface area contributed by atoms with Crippen molar-refractivity contribution in [2.24, 2.45) is 10.2 Å². The molecule has 0 atom stereocenters. The molecule has 4 nitrogen and oxygen atoms in total. The van der Waals surface area contributed by atoms with Gasteiger partial charge in [-0.15, -0.1) is 22.0 Å². The van der Waals surface area contributed by atoms with Crippen molar-refractivity contribution in [2.75, 3.05) is 6.26 Å². The Balaban J connectivity index is 2.27. The molecule has 92 valence electrons. The molecule has 0 amide bonds. The van der Waals surface area contributed by atoms with Crippen LogP contribution in [0.1, 0.15) is 5.69 Å². The molecule has 0 saturated carbocycles. The summed E-state index contributed by atoms with van der Waals surface area (Å²) in [5.41, 5.74) is 1.36. The van der Waals surface area contributed by atoms with E-state index in [4.69, 9.17) is 0 Å². The van der Waals surface area contributed by atoms with E-state index < -0.39 is 0 Å². The Morgan fingerprint density at radius 3 is 2.61 bits per heavy atom. The van der Waals surface area contributed by atoms with Crippen LogP contribution in [0.25, 0.3) is 0 Å². The Bertz CT molecular complexity index is 584. The predicted molar refractivity (Wildman–Crippen MR) is 73.0 cm³/mol. The minimum absolute atomic E-state index is 0.165. The van der Waals surface area contributed by atoms with E-state index in [1.54, 1.807) is 30.8 Å². The number of hydrogen-bond donors (Lipinski definition) is 1. The van der Waals surface area contributed by atoms with Gasteiger partial charge in [-0.05, 0) is 37.4 Å². The number of rotatable bonds is 3. The molecule has 1 N–H and O–H groups in total. The number of thioether (sulfide) groups is 1. The lowest BCUT2D eigenvalue weighted by molar-refractivity contribution is 0.468. The summed E-state index contributed by atoms with van der Waals surface area (Å²) in [5, 5.41) is 17.6. The number of nitrogens with zero attached hydrogens (tertiary/aromatic N) is 3. The fourth-order valence-corrected chi connectivity index (χ4v) is 1.95. The Kier molecular flexibility index (Phi) is 3.94. The molecule has 0 aliphatic heterocycles. The second-order valence-electron chi connectivity index (χ2n) is 3.65. The first-order valence-electron chi connectivity index (χ1n) is 5.42. The zero-order valence-corrected chi connectivity index (χ0v) is 11.0. The average Bonchev–Trinajstić information content (AvgIpc) is 2.40. The molecule has 5 heteroatoms. The van der Waals surface area contributed by atoms with Crippen molar-refractivity contribution in [3.05, 3.63) is 42.1 Å². The van der Waals surface area contributed by atoms with Crippen molar-refractivity contribution in [3.8, 4) is 5.75 Å². The van der Waals surface area contributed by atoms with Crippen LogP contribution in [0, 0.1) is 6.92 Å². The number of benzene rings is 1. The lowest BCUT2D eigenvalue weighted by Crippen LogP contribution is -1.80. The molecule has 0 unspecified atom stereocenters. The van der Waals surface area contributed by atoms with Crippen LogP contribution >= 0.6 is 11.8 Å². The molecule has 1 aromatic heterocycles. The van der Waals surface area contributed by atoms with Crippen LogP contribution in [0.2, 0.25) is 0 Å². The van der Waals surface area contributed by atoms with Crippen molar-refractivity contribution in [3.63, 3.8) is 0 Å². The molecular formula is C13H13N3OS. The van der Waals surface area contributed by atoms with E-state index in [9.17, 15) is 5.11 Å². The molecule has 0 bridgehead atoms. The lowest BCUT2D eigenvalue weighted by Gasteiger charge is -2.00. The molecule has 0 aliphatic carbocycles. The Labute approximate surface area is 110 Å². The van der Waals surface area contributed by atoms with Crippen LogP contribution in [0.15, 0.2) is 51.5 Å². The predicted octanol–water partition coefficient (Wildman–Crippen LogP) is 4.23. The number of aromatic hydroxyl groups is 1. The van der Waals surface area contributed by atoms with Gasteiger partial charge in [0, 0.05) is 4.90 Å². The molecular weight excluding hydrogens is 246 g/mol. The lowest BCUT2D eigenvalue weighted by atomic mass is 10.3. The minimum Gasteiger partial charge on any atom is -0.506 e. The van der Waals surface area contributed by atoms with Gasteiger partial charge in [0.1, 0.15) is 5.75 Å².